The van der Waals surface area contributed by atoms with Crippen molar-refractivity contribution in [2.75, 3.05) is 5.75 Å². The third-order valence-corrected chi connectivity index (χ3v) is 5.86. The molecular formula is C12H13ClN2O2S. The molecule has 1 atom stereocenters. The second-order valence-electron chi connectivity index (χ2n) is 4.68. The predicted molar refractivity (Wildman–Crippen MR) is 70.7 cm³/mol. The van der Waals surface area contributed by atoms with E-state index in [1.54, 1.807) is 12.3 Å². The largest absolute Gasteiger partial charge is 0.305 e. The molecule has 0 bridgehead atoms. The van der Waals surface area contributed by atoms with Crippen LogP contribution in [0.25, 0.3) is 5.65 Å². The Morgan fingerprint density at radius 3 is 2.94 bits per heavy atom. The molecule has 96 valence electrons. The van der Waals surface area contributed by atoms with Crippen LogP contribution in [0.3, 0.4) is 0 Å². The van der Waals surface area contributed by atoms with Crippen LogP contribution < -0.4 is 0 Å². The van der Waals surface area contributed by atoms with Crippen molar-refractivity contribution in [3.8, 4) is 0 Å². The normalized spacial score (nSPS) is 22.6. The van der Waals surface area contributed by atoms with Crippen molar-refractivity contribution in [1.29, 1.82) is 0 Å². The maximum atomic E-state index is 11.8. The summed E-state index contributed by atoms with van der Waals surface area (Å²) >= 11 is 5.90. The molecule has 0 amide bonds. The molecule has 0 N–H and O–H groups in total. The number of fused-ring (bicyclic) bond motifs is 1. The molecule has 0 spiro atoms. The van der Waals surface area contributed by atoms with E-state index in [0.717, 1.165) is 24.2 Å². The van der Waals surface area contributed by atoms with Gasteiger partial charge in [0.15, 0.2) is 9.84 Å². The maximum Gasteiger partial charge on any atom is 0.153 e. The number of sulfone groups is 1. The molecule has 3 heterocycles. The fraction of sp³-hybridized carbons (Fsp3) is 0.417. The molecule has 1 aliphatic heterocycles. The van der Waals surface area contributed by atoms with Gasteiger partial charge in [-0.2, -0.15) is 0 Å². The smallest absolute Gasteiger partial charge is 0.153 e. The number of halogens is 1. The highest BCUT2D eigenvalue weighted by Crippen LogP contribution is 2.23. The summed E-state index contributed by atoms with van der Waals surface area (Å²) in [7, 11) is -2.91. The Balaban J connectivity index is 1.91. The van der Waals surface area contributed by atoms with Gasteiger partial charge in [-0.3, -0.25) is 0 Å². The van der Waals surface area contributed by atoms with Crippen LogP contribution in [0.15, 0.2) is 24.5 Å². The topological polar surface area (TPSA) is 51.4 Å². The average molecular weight is 285 g/mol. The minimum absolute atomic E-state index is 0.266. The van der Waals surface area contributed by atoms with Gasteiger partial charge in [0.2, 0.25) is 0 Å². The van der Waals surface area contributed by atoms with Crippen LogP contribution in [0.5, 0.6) is 0 Å². The number of rotatable bonds is 2. The van der Waals surface area contributed by atoms with E-state index < -0.39 is 9.84 Å². The van der Waals surface area contributed by atoms with E-state index in [2.05, 4.69) is 4.98 Å². The van der Waals surface area contributed by atoms with E-state index >= 15 is 0 Å². The van der Waals surface area contributed by atoms with Crippen LogP contribution in [-0.4, -0.2) is 28.8 Å². The van der Waals surface area contributed by atoms with Gasteiger partial charge in [0, 0.05) is 18.8 Å². The molecule has 1 saturated heterocycles. The average Bonchev–Trinajstić information content (AvgIpc) is 2.82. The van der Waals surface area contributed by atoms with Gasteiger partial charge in [0.05, 0.1) is 21.7 Å². The Morgan fingerprint density at radius 1 is 1.39 bits per heavy atom. The number of pyridine rings is 1. The number of hydrogen-bond acceptors (Lipinski definition) is 3. The van der Waals surface area contributed by atoms with E-state index in [0.29, 0.717) is 17.2 Å². The Bertz CT molecular complexity index is 693. The lowest BCUT2D eigenvalue weighted by molar-refractivity contribution is 0.587. The molecule has 3 rings (SSSR count). The van der Waals surface area contributed by atoms with Gasteiger partial charge in [0.25, 0.3) is 0 Å². The monoisotopic (exact) mass is 284 g/mol. The Labute approximate surface area is 111 Å². The lowest BCUT2D eigenvalue weighted by Gasteiger charge is -2.05. The van der Waals surface area contributed by atoms with Crippen LogP contribution >= 0.6 is 11.6 Å². The molecule has 0 radical (unpaired) electrons. The molecule has 0 aromatic carbocycles. The predicted octanol–water partition coefficient (Wildman–Crippen LogP) is 2.11. The van der Waals surface area contributed by atoms with Gasteiger partial charge in [0.1, 0.15) is 5.65 Å². The highest BCUT2D eigenvalue weighted by molar-refractivity contribution is 7.92. The molecule has 0 saturated carbocycles. The first-order valence-corrected chi connectivity index (χ1v) is 7.99. The molecular weight excluding hydrogens is 272 g/mol. The lowest BCUT2D eigenvalue weighted by Crippen LogP contribution is -2.18. The summed E-state index contributed by atoms with van der Waals surface area (Å²) in [5.41, 5.74) is 1.61. The van der Waals surface area contributed by atoms with Gasteiger partial charge in [-0.1, -0.05) is 11.6 Å². The molecule has 18 heavy (non-hydrogen) atoms. The summed E-state index contributed by atoms with van der Waals surface area (Å²) < 4.78 is 25.4. The Hall–Kier alpha value is -1.07. The molecule has 0 aliphatic carbocycles. The van der Waals surface area contributed by atoms with Gasteiger partial charge >= 0.3 is 0 Å². The zero-order valence-electron chi connectivity index (χ0n) is 9.71. The minimum atomic E-state index is -2.91. The van der Waals surface area contributed by atoms with Crippen LogP contribution in [0.1, 0.15) is 18.5 Å². The molecule has 1 aliphatic rings. The van der Waals surface area contributed by atoms with Gasteiger partial charge in [-0.15, -0.1) is 0 Å². The third kappa shape index (κ3) is 2.12. The number of nitrogens with zero attached hydrogens (tertiary/aromatic N) is 2. The minimum Gasteiger partial charge on any atom is -0.305 e. The van der Waals surface area contributed by atoms with Crippen molar-refractivity contribution in [2.24, 2.45) is 0 Å². The molecule has 4 nitrogen and oxygen atoms in total. The Morgan fingerprint density at radius 2 is 2.22 bits per heavy atom. The van der Waals surface area contributed by atoms with E-state index in [9.17, 15) is 8.42 Å². The Kier molecular flexibility index (Phi) is 2.83. The molecule has 2 aromatic rings. The standard InChI is InChI=1S/C12H13ClN2O2S/c13-9-3-4-12-14-10(8-15(12)7-9)6-11-2-1-5-18(11,16)17/h3-4,7-8,11H,1-2,5-6H2. The highest BCUT2D eigenvalue weighted by atomic mass is 35.5. The zero-order chi connectivity index (χ0) is 12.8. The number of imidazole rings is 1. The van der Waals surface area contributed by atoms with E-state index in [4.69, 9.17) is 11.6 Å². The van der Waals surface area contributed by atoms with E-state index in [1.807, 2.05) is 16.7 Å². The van der Waals surface area contributed by atoms with Crippen molar-refractivity contribution in [3.63, 3.8) is 0 Å². The summed E-state index contributed by atoms with van der Waals surface area (Å²) in [4.78, 5) is 4.42. The van der Waals surface area contributed by atoms with Gasteiger partial charge in [-0.05, 0) is 25.0 Å². The van der Waals surface area contributed by atoms with E-state index in [-0.39, 0.29) is 5.25 Å². The summed E-state index contributed by atoms with van der Waals surface area (Å²) in [5, 5.41) is 0.373. The van der Waals surface area contributed by atoms with E-state index in [1.165, 1.54) is 0 Å². The second-order valence-corrected chi connectivity index (χ2v) is 7.52. The summed E-state index contributed by atoms with van der Waals surface area (Å²) in [5.74, 6) is 0.316. The SMILES string of the molecule is O=S1(=O)CCCC1Cc1cn2cc(Cl)ccc2n1. The summed E-state index contributed by atoms with van der Waals surface area (Å²) in [6.07, 6.45) is 5.65. The molecule has 1 fully saturated rings. The van der Waals surface area contributed by atoms with Crippen LogP contribution in [-0.2, 0) is 16.3 Å². The highest BCUT2D eigenvalue weighted by Gasteiger charge is 2.31. The van der Waals surface area contributed by atoms with Crippen LogP contribution in [0.4, 0.5) is 0 Å². The fourth-order valence-corrected chi connectivity index (χ4v) is 4.46. The lowest BCUT2D eigenvalue weighted by atomic mass is 10.2. The van der Waals surface area contributed by atoms with Gasteiger partial charge < -0.3 is 4.40 Å². The third-order valence-electron chi connectivity index (χ3n) is 3.36. The molecule has 1 unspecified atom stereocenters. The fourth-order valence-electron chi connectivity index (χ4n) is 2.44. The summed E-state index contributed by atoms with van der Waals surface area (Å²) in [6, 6.07) is 3.61. The number of aromatic nitrogens is 2. The molecule has 6 heteroatoms. The van der Waals surface area contributed by atoms with Crippen LogP contribution in [0.2, 0.25) is 5.02 Å². The first-order valence-electron chi connectivity index (χ1n) is 5.89. The van der Waals surface area contributed by atoms with Crippen molar-refractivity contribution in [3.05, 3.63) is 35.2 Å². The maximum absolute atomic E-state index is 11.8. The van der Waals surface area contributed by atoms with Crippen molar-refractivity contribution < 1.29 is 8.42 Å². The first kappa shape index (κ1) is 12.0. The zero-order valence-corrected chi connectivity index (χ0v) is 11.3. The number of hydrogen-bond donors (Lipinski definition) is 0. The first-order chi connectivity index (χ1) is 8.54. The van der Waals surface area contributed by atoms with Crippen LogP contribution in [0, 0.1) is 0 Å². The van der Waals surface area contributed by atoms with Crippen molar-refractivity contribution in [1.82, 2.24) is 9.38 Å². The quantitative estimate of drug-likeness (QED) is 0.849. The van der Waals surface area contributed by atoms with Crippen molar-refractivity contribution >= 4 is 27.1 Å². The van der Waals surface area contributed by atoms with Gasteiger partial charge in [-0.25, -0.2) is 13.4 Å². The molecule has 2 aromatic heterocycles. The second kappa shape index (κ2) is 4.24. The summed E-state index contributed by atoms with van der Waals surface area (Å²) in [6.45, 7) is 0. The van der Waals surface area contributed by atoms with Crippen molar-refractivity contribution in [2.45, 2.75) is 24.5 Å².